The van der Waals surface area contributed by atoms with Crippen molar-refractivity contribution in [2.75, 3.05) is 25.5 Å². The maximum atomic E-state index is 3.57. The standard InChI is InChI=1S/C15H25BrN2/c1-5-6-7-10-18(4)15-11-13(16)8-9-14(15)12(2)17-3/h8-9,11-12,17H,5-7,10H2,1-4H3. The van der Waals surface area contributed by atoms with Gasteiger partial charge in [0.1, 0.15) is 0 Å². The fourth-order valence-corrected chi connectivity index (χ4v) is 2.44. The Hall–Kier alpha value is -0.540. The third-order valence-electron chi connectivity index (χ3n) is 3.40. The largest absolute Gasteiger partial charge is 0.374 e. The van der Waals surface area contributed by atoms with Crippen LogP contribution in [-0.2, 0) is 0 Å². The first-order valence-corrected chi connectivity index (χ1v) is 7.57. The fourth-order valence-electron chi connectivity index (χ4n) is 2.09. The minimum atomic E-state index is 0.377. The molecule has 1 rings (SSSR count). The molecule has 0 aliphatic carbocycles. The maximum absolute atomic E-state index is 3.57. The Morgan fingerprint density at radius 1 is 1.33 bits per heavy atom. The Bertz CT molecular complexity index is 366. The van der Waals surface area contributed by atoms with Crippen LogP contribution >= 0.6 is 15.9 Å². The monoisotopic (exact) mass is 312 g/mol. The van der Waals surface area contributed by atoms with Crippen molar-refractivity contribution in [2.45, 2.75) is 39.2 Å². The number of nitrogens with zero attached hydrogens (tertiary/aromatic N) is 1. The highest BCUT2D eigenvalue weighted by atomic mass is 79.9. The van der Waals surface area contributed by atoms with Crippen LogP contribution < -0.4 is 10.2 Å². The van der Waals surface area contributed by atoms with Gasteiger partial charge in [-0.05, 0) is 38.1 Å². The average Bonchev–Trinajstić information content (AvgIpc) is 2.38. The lowest BCUT2D eigenvalue weighted by Crippen LogP contribution is -2.23. The van der Waals surface area contributed by atoms with Gasteiger partial charge in [-0.2, -0.15) is 0 Å². The zero-order valence-electron chi connectivity index (χ0n) is 12.0. The topological polar surface area (TPSA) is 15.3 Å². The zero-order valence-corrected chi connectivity index (χ0v) is 13.5. The van der Waals surface area contributed by atoms with E-state index in [1.807, 2.05) is 7.05 Å². The van der Waals surface area contributed by atoms with Crippen molar-refractivity contribution in [1.82, 2.24) is 5.32 Å². The molecule has 1 N–H and O–H groups in total. The molecule has 0 bridgehead atoms. The van der Waals surface area contributed by atoms with Gasteiger partial charge in [0.25, 0.3) is 0 Å². The molecule has 0 aliphatic rings. The highest BCUT2D eigenvalue weighted by molar-refractivity contribution is 9.10. The quantitative estimate of drug-likeness (QED) is 0.753. The Balaban J connectivity index is 2.86. The predicted molar refractivity (Wildman–Crippen MR) is 84.4 cm³/mol. The highest BCUT2D eigenvalue weighted by Gasteiger charge is 2.12. The minimum absolute atomic E-state index is 0.377. The molecule has 3 heteroatoms. The average molecular weight is 313 g/mol. The number of nitrogens with one attached hydrogen (secondary N) is 1. The molecule has 0 radical (unpaired) electrons. The van der Waals surface area contributed by atoms with Crippen LogP contribution in [0.5, 0.6) is 0 Å². The van der Waals surface area contributed by atoms with Crippen molar-refractivity contribution < 1.29 is 0 Å². The second kappa shape index (κ2) is 7.80. The molecular formula is C15H25BrN2. The van der Waals surface area contributed by atoms with E-state index in [2.05, 4.69) is 65.2 Å². The predicted octanol–water partition coefficient (Wildman–Crippen LogP) is 4.36. The smallest absolute Gasteiger partial charge is 0.0423 e. The van der Waals surface area contributed by atoms with Crippen LogP contribution in [0.25, 0.3) is 0 Å². The summed E-state index contributed by atoms with van der Waals surface area (Å²) in [5.41, 5.74) is 2.68. The summed E-state index contributed by atoms with van der Waals surface area (Å²) in [4.78, 5) is 2.36. The van der Waals surface area contributed by atoms with Gasteiger partial charge in [0.15, 0.2) is 0 Å². The summed E-state index contributed by atoms with van der Waals surface area (Å²) in [5, 5.41) is 3.32. The molecule has 0 aromatic heterocycles. The Labute approximate surface area is 120 Å². The summed E-state index contributed by atoms with van der Waals surface area (Å²) in [6.45, 7) is 5.56. The molecule has 1 unspecified atom stereocenters. The van der Waals surface area contributed by atoms with E-state index in [0.717, 1.165) is 11.0 Å². The molecule has 18 heavy (non-hydrogen) atoms. The van der Waals surface area contributed by atoms with Crippen LogP contribution in [-0.4, -0.2) is 20.6 Å². The van der Waals surface area contributed by atoms with E-state index in [-0.39, 0.29) is 0 Å². The Kier molecular flexibility index (Phi) is 6.72. The molecule has 0 amide bonds. The molecule has 0 saturated carbocycles. The molecule has 0 aliphatic heterocycles. The van der Waals surface area contributed by atoms with Gasteiger partial charge >= 0.3 is 0 Å². The lowest BCUT2D eigenvalue weighted by Gasteiger charge is -2.25. The van der Waals surface area contributed by atoms with Crippen LogP contribution in [0.4, 0.5) is 5.69 Å². The molecular weight excluding hydrogens is 288 g/mol. The van der Waals surface area contributed by atoms with Crippen LogP contribution in [0.1, 0.15) is 44.7 Å². The minimum Gasteiger partial charge on any atom is -0.374 e. The summed E-state index contributed by atoms with van der Waals surface area (Å²) in [6, 6.07) is 6.92. The second-order valence-electron chi connectivity index (χ2n) is 4.84. The Morgan fingerprint density at radius 3 is 2.67 bits per heavy atom. The molecule has 102 valence electrons. The van der Waals surface area contributed by atoms with Gasteiger partial charge in [-0.15, -0.1) is 0 Å². The van der Waals surface area contributed by atoms with Crippen LogP contribution in [0, 0.1) is 0 Å². The van der Waals surface area contributed by atoms with Crippen LogP contribution in [0.3, 0.4) is 0 Å². The summed E-state index contributed by atoms with van der Waals surface area (Å²) in [7, 11) is 4.19. The number of halogens is 1. The van der Waals surface area contributed by atoms with E-state index in [9.17, 15) is 0 Å². The first kappa shape index (κ1) is 15.5. The van der Waals surface area contributed by atoms with Gasteiger partial charge in [0, 0.05) is 29.8 Å². The van der Waals surface area contributed by atoms with Gasteiger partial charge in [0.05, 0.1) is 0 Å². The Morgan fingerprint density at radius 2 is 2.06 bits per heavy atom. The van der Waals surface area contributed by atoms with E-state index >= 15 is 0 Å². The van der Waals surface area contributed by atoms with Gasteiger partial charge < -0.3 is 10.2 Å². The summed E-state index contributed by atoms with van der Waals surface area (Å²) in [5.74, 6) is 0. The molecule has 2 nitrogen and oxygen atoms in total. The van der Waals surface area contributed by atoms with Crippen molar-refractivity contribution in [3.8, 4) is 0 Å². The SMILES string of the molecule is CCCCCN(C)c1cc(Br)ccc1C(C)NC. The number of anilines is 1. The summed E-state index contributed by atoms with van der Waals surface area (Å²) < 4.78 is 1.15. The second-order valence-corrected chi connectivity index (χ2v) is 5.76. The zero-order chi connectivity index (χ0) is 13.5. The van der Waals surface area contributed by atoms with E-state index in [4.69, 9.17) is 0 Å². The van der Waals surface area contributed by atoms with Crippen molar-refractivity contribution in [1.29, 1.82) is 0 Å². The normalized spacial score (nSPS) is 12.5. The summed E-state index contributed by atoms with van der Waals surface area (Å²) in [6.07, 6.45) is 3.83. The van der Waals surface area contributed by atoms with E-state index < -0.39 is 0 Å². The van der Waals surface area contributed by atoms with Crippen LogP contribution in [0.2, 0.25) is 0 Å². The number of benzene rings is 1. The number of unbranched alkanes of at least 4 members (excludes halogenated alkanes) is 2. The highest BCUT2D eigenvalue weighted by Crippen LogP contribution is 2.29. The molecule has 1 aromatic rings. The molecule has 0 saturated heterocycles. The van der Waals surface area contributed by atoms with Gasteiger partial charge in [-0.1, -0.05) is 41.8 Å². The third-order valence-corrected chi connectivity index (χ3v) is 3.89. The molecule has 0 fully saturated rings. The van der Waals surface area contributed by atoms with Gasteiger partial charge in [-0.25, -0.2) is 0 Å². The summed E-state index contributed by atoms with van der Waals surface area (Å²) >= 11 is 3.57. The van der Waals surface area contributed by atoms with E-state index in [0.29, 0.717) is 6.04 Å². The molecule has 0 spiro atoms. The van der Waals surface area contributed by atoms with Crippen molar-refractivity contribution in [3.05, 3.63) is 28.2 Å². The molecule has 1 atom stereocenters. The van der Waals surface area contributed by atoms with Gasteiger partial charge in [0.2, 0.25) is 0 Å². The molecule has 0 heterocycles. The molecule has 1 aromatic carbocycles. The number of rotatable bonds is 7. The first-order valence-electron chi connectivity index (χ1n) is 6.78. The van der Waals surface area contributed by atoms with Crippen molar-refractivity contribution >= 4 is 21.6 Å². The van der Waals surface area contributed by atoms with E-state index in [1.165, 1.54) is 30.5 Å². The third kappa shape index (κ3) is 4.29. The first-order chi connectivity index (χ1) is 8.60. The number of hydrogen-bond acceptors (Lipinski definition) is 2. The number of hydrogen-bond donors (Lipinski definition) is 1. The fraction of sp³-hybridized carbons (Fsp3) is 0.600. The van der Waals surface area contributed by atoms with Crippen molar-refractivity contribution in [3.63, 3.8) is 0 Å². The maximum Gasteiger partial charge on any atom is 0.0423 e. The van der Waals surface area contributed by atoms with Gasteiger partial charge in [-0.3, -0.25) is 0 Å². The van der Waals surface area contributed by atoms with E-state index in [1.54, 1.807) is 0 Å². The van der Waals surface area contributed by atoms with Crippen molar-refractivity contribution in [2.24, 2.45) is 0 Å². The van der Waals surface area contributed by atoms with Crippen LogP contribution in [0.15, 0.2) is 22.7 Å². The lowest BCUT2D eigenvalue weighted by atomic mass is 10.1. The lowest BCUT2D eigenvalue weighted by molar-refractivity contribution is 0.645.